The lowest BCUT2D eigenvalue weighted by Crippen LogP contribution is -2.28. The van der Waals surface area contributed by atoms with Crippen LogP contribution in [0.2, 0.25) is 0 Å². The number of hydrogen-bond donors (Lipinski definition) is 1. The number of nitrogens with two attached hydrogens (primary N) is 1. The summed E-state index contributed by atoms with van der Waals surface area (Å²) in [5, 5.41) is 1.78. The zero-order chi connectivity index (χ0) is 25.4. The van der Waals surface area contributed by atoms with E-state index < -0.39 is 17.2 Å². The summed E-state index contributed by atoms with van der Waals surface area (Å²) in [6, 6.07) is 12.4. The van der Waals surface area contributed by atoms with Crippen LogP contribution in [0.15, 0.2) is 57.9 Å². The highest BCUT2D eigenvalue weighted by molar-refractivity contribution is 6.07. The monoisotopic (exact) mass is 499 g/mol. The lowest BCUT2D eigenvalue weighted by molar-refractivity contribution is 0.0524. The summed E-state index contributed by atoms with van der Waals surface area (Å²) in [6.07, 6.45) is 2.16. The van der Waals surface area contributed by atoms with Crippen LogP contribution in [0, 0.1) is 5.82 Å². The Morgan fingerprint density at radius 2 is 2.00 bits per heavy atom. The number of nitrogens with zero attached hydrogens (tertiary/aromatic N) is 2. The van der Waals surface area contributed by atoms with Gasteiger partial charge in [-0.3, -0.25) is 4.79 Å². The van der Waals surface area contributed by atoms with E-state index in [1.807, 2.05) is 35.2 Å². The second-order valence-corrected chi connectivity index (χ2v) is 9.41. The molecule has 2 aromatic heterocycles. The van der Waals surface area contributed by atoms with Crippen molar-refractivity contribution in [3.63, 3.8) is 0 Å². The van der Waals surface area contributed by atoms with Gasteiger partial charge in [0.15, 0.2) is 17.3 Å². The van der Waals surface area contributed by atoms with Crippen molar-refractivity contribution in [1.29, 1.82) is 0 Å². The van der Waals surface area contributed by atoms with Crippen LogP contribution in [0.5, 0.6) is 11.5 Å². The first-order valence-corrected chi connectivity index (χ1v) is 12.2. The minimum absolute atomic E-state index is 0.0284. The molecular formula is C28H22FN3O5. The number of carbonyl (C=O) groups excluding carboxylic acids is 1. The van der Waals surface area contributed by atoms with E-state index in [2.05, 4.69) is 0 Å². The Hall–Kier alpha value is -4.37. The fraction of sp³-hybridized carbons (Fsp3) is 0.214. The summed E-state index contributed by atoms with van der Waals surface area (Å²) in [5.74, 6) is -0.718. The van der Waals surface area contributed by atoms with Crippen LogP contribution in [0.4, 0.5) is 10.1 Å². The first kappa shape index (κ1) is 21.9. The molecule has 2 aliphatic rings. The minimum atomic E-state index is -0.771. The molecule has 1 saturated heterocycles. The Balaban J connectivity index is 1.58. The normalized spacial score (nSPS) is 16.4. The van der Waals surface area contributed by atoms with Crippen molar-refractivity contribution in [1.82, 2.24) is 4.57 Å². The smallest absolute Gasteiger partial charge is 0.343 e. The summed E-state index contributed by atoms with van der Waals surface area (Å²) in [6.45, 7) is 2.78. The molecule has 0 radical (unpaired) electrons. The van der Waals surface area contributed by atoms with Crippen LogP contribution in [0.1, 0.15) is 23.7 Å². The molecule has 5 aromatic rings. The molecule has 3 aromatic carbocycles. The van der Waals surface area contributed by atoms with Gasteiger partial charge >= 0.3 is 5.97 Å². The number of furan rings is 1. The molecule has 9 heteroatoms. The standard InChI is InChI=1S/C28H22FN3O5/c1-2-35-28(34)18-13-32-20-11-22-16(15-5-3-4-6-21(15)36-22)10-23(20)37-27-24(32)17(26(18)33)9-19(29)25(27)31-8-7-14(30)12-31/h3-6,9-11,13-14H,2,7-8,12,30H2,1H3/t14-/m0/s1. The van der Waals surface area contributed by atoms with Gasteiger partial charge in [0.25, 0.3) is 0 Å². The topological polar surface area (TPSA) is 99.9 Å². The molecular weight excluding hydrogens is 477 g/mol. The lowest BCUT2D eigenvalue weighted by Gasteiger charge is -2.29. The number of esters is 1. The molecule has 1 atom stereocenters. The zero-order valence-corrected chi connectivity index (χ0v) is 19.9. The van der Waals surface area contributed by atoms with E-state index in [0.29, 0.717) is 47.6 Å². The number of para-hydroxylation sites is 1. The second kappa shape index (κ2) is 7.81. The van der Waals surface area contributed by atoms with Gasteiger partial charge in [0, 0.05) is 42.2 Å². The maximum Gasteiger partial charge on any atom is 0.343 e. The molecule has 0 amide bonds. The number of anilines is 1. The predicted molar refractivity (Wildman–Crippen MR) is 138 cm³/mol. The molecule has 0 unspecified atom stereocenters. The van der Waals surface area contributed by atoms with E-state index in [1.54, 1.807) is 17.6 Å². The van der Waals surface area contributed by atoms with Crippen molar-refractivity contribution in [2.75, 3.05) is 24.6 Å². The Labute approximate surface area is 209 Å². The van der Waals surface area contributed by atoms with Gasteiger partial charge in [-0.25, -0.2) is 9.18 Å². The third-order valence-corrected chi connectivity index (χ3v) is 7.14. The molecule has 2 N–H and O–H groups in total. The van der Waals surface area contributed by atoms with Gasteiger partial charge in [-0.2, -0.15) is 0 Å². The van der Waals surface area contributed by atoms with Crippen molar-refractivity contribution >= 4 is 44.5 Å². The van der Waals surface area contributed by atoms with E-state index in [-0.39, 0.29) is 35.0 Å². The van der Waals surface area contributed by atoms with E-state index in [9.17, 15) is 9.59 Å². The van der Waals surface area contributed by atoms with Crippen LogP contribution in [0.25, 0.3) is 38.5 Å². The van der Waals surface area contributed by atoms with E-state index in [4.69, 9.17) is 19.6 Å². The van der Waals surface area contributed by atoms with Crippen LogP contribution in [-0.4, -0.2) is 36.3 Å². The Morgan fingerprint density at radius 3 is 2.78 bits per heavy atom. The highest BCUT2D eigenvalue weighted by Crippen LogP contribution is 2.48. The SMILES string of the molecule is CCOC(=O)c1cn2c3c(c(N4CC[C@H](N)C4)c(F)cc3c1=O)Oc1cc3c(cc1-2)oc1ccccc13. The summed E-state index contributed by atoms with van der Waals surface area (Å²) in [5.41, 5.74) is 7.83. The first-order valence-electron chi connectivity index (χ1n) is 12.2. The minimum Gasteiger partial charge on any atom is -0.462 e. The average Bonchev–Trinajstić information content (AvgIpc) is 3.47. The number of halogens is 1. The molecule has 0 spiro atoms. The van der Waals surface area contributed by atoms with Crippen LogP contribution in [0.3, 0.4) is 0 Å². The van der Waals surface area contributed by atoms with E-state index >= 15 is 4.39 Å². The van der Waals surface area contributed by atoms with Gasteiger partial charge in [0.1, 0.15) is 27.9 Å². The Kier molecular flexibility index (Phi) is 4.62. The number of benzene rings is 3. The fourth-order valence-electron chi connectivity index (χ4n) is 5.46. The third-order valence-electron chi connectivity index (χ3n) is 7.14. The predicted octanol–water partition coefficient (Wildman–Crippen LogP) is 4.85. The van der Waals surface area contributed by atoms with E-state index in [1.165, 1.54) is 12.3 Å². The number of rotatable bonds is 3. The number of ether oxygens (including phenoxy) is 2. The molecule has 4 heterocycles. The summed E-state index contributed by atoms with van der Waals surface area (Å²) >= 11 is 0. The van der Waals surface area contributed by atoms with Gasteiger partial charge in [0.05, 0.1) is 17.7 Å². The third kappa shape index (κ3) is 3.10. The number of carbonyl (C=O) groups is 1. The molecule has 1 fully saturated rings. The lowest BCUT2D eigenvalue weighted by atomic mass is 10.0. The average molecular weight is 499 g/mol. The molecule has 37 heavy (non-hydrogen) atoms. The highest BCUT2D eigenvalue weighted by Gasteiger charge is 2.33. The van der Waals surface area contributed by atoms with Crippen molar-refractivity contribution in [3.05, 3.63) is 70.3 Å². The molecule has 0 bridgehead atoms. The number of aromatic nitrogens is 1. The molecule has 7 rings (SSSR count). The highest BCUT2D eigenvalue weighted by atomic mass is 19.1. The number of pyridine rings is 1. The van der Waals surface area contributed by atoms with Gasteiger partial charge in [0.2, 0.25) is 5.43 Å². The van der Waals surface area contributed by atoms with Gasteiger partial charge in [-0.1, -0.05) is 18.2 Å². The zero-order valence-electron chi connectivity index (χ0n) is 19.9. The number of fused-ring (bicyclic) bond motifs is 5. The number of hydrogen-bond acceptors (Lipinski definition) is 7. The van der Waals surface area contributed by atoms with Crippen LogP contribution >= 0.6 is 0 Å². The first-order chi connectivity index (χ1) is 17.9. The summed E-state index contributed by atoms with van der Waals surface area (Å²) < 4.78 is 35.0. The molecule has 0 saturated carbocycles. The molecule has 8 nitrogen and oxygen atoms in total. The molecule has 186 valence electrons. The Bertz CT molecular complexity index is 1840. The van der Waals surface area contributed by atoms with Crippen LogP contribution < -0.4 is 20.8 Å². The van der Waals surface area contributed by atoms with Gasteiger partial charge < -0.3 is 29.1 Å². The fourth-order valence-corrected chi connectivity index (χ4v) is 5.46. The second-order valence-electron chi connectivity index (χ2n) is 9.41. The van der Waals surface area contributed by atoms with Crippen molar-refractivity contribution in [3.8, 4) is 17.2 Å². The Morgan fingerprint density at radius 1 is 1.16 bits per heavy atom. The maximum absolute atomic E-state index is 15.7. The van der Waals surface area contributed by atoms with E-state index in [0.717, 1.165) is 10.8 Å². The molecule has 2 aliphatic heterocycles. The largest absolute Gasteiger partial charge is 0.462 e. The van der Waals surface area contributed by atoms with Gasteiger partial charge in [-0.15, -0.1) is 0 Å². The summed E-state index contributed by atoms with van der Waals surface area (Å²) in [7, 11) is 0. The van der Waals surface area contributed by atoms with Gasteiger partial charge in [-0.05, 0) is 31.5 Å². The summed E-state index contributed by atoms with van der Waals surface area (Å²) in [4.78, 5) is 27.9. The van der Waals surface area contributed by atoms with Crippen molar-refractivity contribution < 1.29 is 23.1 Å². The van der Waals surface area contributed by atoms with Crippen molar-refractivity contribution in [2.45, 2.75) is 19.4 Å². The van der Waals surface area contributed by atoms with Crippen molar-refractivity contribution in [2.24, 2.45) is 5.73 Å². The molecule has 0 aliphatic carbocycles. The quantitative estimate of drug-likeness (QED) is 0.348. The van der Waals surface area contributed by atoms with Crippen LogP contribution in [-0.2, 0) is 4.74 Å². The maximum atomic E-state index is 15.7.